The highest BCUT2D eigenvalue weighted by atomic mass is 35.5. The van der Waals surface area contributed by atoms with Crippen LogP contribution < -0.4 is 5.32 Å². The minimum absolute atomic E-state index is 0. The molecule has 1 aliphatic rings. The molecule has 2 rings (SSSR count). The van der Waals surface area contributed by atoms with Gasteiger partial charge in [0.2, 0.25) is 5.91 Å². The molecule has 0 bridgehead atoms. The first-order valence-corrected chi connectivity index (χ1v) is 7.73. The Hall–Kier alpha value is -0.580. The van der Waals surface area contributed by atoms with Gasteiger partial charge in [0.05, 0.1) is 6.04 Å². The van der Waals surface area contributed by atoms with Crippen molar-refractivity contribution in [3.05, 3.63) is 22.4 Å². The molecule has 0 aliphatic carbocycles. The van der Waals surface area contributed by atoms with E-state index in [4.69, 9.17) is 0 Å². The Morgan fingerprint density at radius 3 is 2.95 bits per heavy atom. The number of hydrogen-bond donors (Lipinski definition) is 1. The number of carbonyl (C=O) groups excluding carboxylic acids is 1. The fourth-order valence-electron chi connectivity index (χ4n) is 2.41. The zero-order valence-corrected chi connectivity index (χ0v) is 13.1. The van der Waals surface area contributed by atoms with Crippen LogP contribution in [-0.2, 0) is 11.2 Å². The normalized spacial score (nSPS) is 18.7. The SMILES string of the molecule is CCN(CCc1cccs1)C(=O)[C@@H]1CCCCN1.Cl. The van der Waals surface area contributed by atoms with E-state index in [0.29, 0.717) is 0 Å². The molecular weight excluding hydrogens is 280 g/mol. The van der Waals surface area contributed by atoms with E-state index in [0.717, 1.165) is 32.5 Å². The Morgan fingerprint density at radius 1 is 1.53 bits per heavy atom. The van der Waals surface area contributed by atoms with E-state index < -0.39 is 0 Å². The van der Waals surface area contributed by atoms with E-state index in [-0.39, 0.29) is 24.4 Å². The third-order valence-corrected chi connectivity index (χ3v) is 4.45. The molecule has 1 aromatic rings. The molecule has 1 fully saturated rings. The molecule has 1 atom stereocenters. The van der Waals surface area contributed by atoms with Crippen molar-refractivity contribution in [3.8, 4) is 0 Å². The second-order valence-electron chi connectivity index (χ2n) is 4.75. The van der Waals surface area contributed by atoms with E-state index in [1.807, 2.05) is 4.90 Å². The van der Waals surface area contributed by atoms with Crippen molar-refractivity contribution >= 4 is 29.7 Å². The van der Waals surface area contributed by atoms with Gasteiger partial charge in [0, 0.05) is 18.0 Å². The first-order chi connectivity index (χ1) is 8.81. The average Bonchev–Trinajstić information content (AvgIpc) is 2.93. The van der Waals surface area contributed by atoms with Gasteiger partial charge in [-0.05, 0) is 44.2 Å². The molecule has 108 valence electrons. The fraction of sp³-hybridized carbons (Fsp3) is 0.643. The van der Waals surface area contributed by atoms with Crippen molar-refractivity contribution in [2.24, 2.45) is 0 Å². The Kier molecular flexibility index (Phi) is 7.42. The Bertz CT molecular complexity index is 364. The monoisotopic (exact) mass is 302 g/mol. The second-order valence-corrected chi connectivity index (χ2v) is 5.78. The molecule has 2 heterocycles. The zero-order valence-electron chi connectivity index (χ0n) is 11.4. The number of nitrogens with zero attached hydrogens (tertiary/aromatic N) is 1. The lowest BCUT2D eigenvalue weighted by atomic mass is 10.0. The third-order valence-electron chi connectivity index (χ3n) is 3.51. The quantitative estimate of drug-likeness (QED) is 0.907. The van der Waals surface area contributed by atoms with Crippen LogP contribution >= 0.6 is 23.7 Å². The van der Waals surface area contributed by atoms with Crippen LogP contribution in [0.15, 0.2) is 17.5 Å². The zero-order chi connectivity index (χ0) is 12.8. The smallest absolute Gasteiger partial charge is 0.239 e. The summed E-state index contributed by atoms with van der Waals surface area (Å²) in [5.74, 6) is 0.286. The molecule has 1 aliphatic heterocycles. The van der Waals surface area contributed by atoms with Crippen LogP contribution in [0.2, 0.25) is 0 Å². The predicted octanol–water partition coefficient (Wildman–Crippen LogP) is 2.70. The van der Waals surface area contributed by atoms with Crippen molar-refractivity contribution in [1.29, 1.82) is 0 Å². The molecule has 3 nitrogen and oxygen atoms in total. The number of rotatable bonds is 5. The number of likely N-dealkylation sites (N-methyl/N-ethyl adjacent to an activating group) is 1. The van der Waals surface area contributed by atoms with Crippen LogP contribution in [0.1, 0.15) is 31.1 Å². The van der Waals surface area contributed by atoms with Crippen LogP contribution in [-0.4, -0.2) is 36.5 Å². The van der Waals surface area contributed by atoms with Crippen molar-refractivity contribution in [2.75, 3.05) is 19.6 Å². The minimum Gasteiger partial charge on any atom is -0.341 e. The highest BCUT2D eigenvalue weighted by Crippen LogP contribution is 2.13. The van der Waals surface area contributed by atoms with Crippen LogP contribution in [0.5, 0.6) is 0 Å². The summed E-state index contributed by atoms with van der Waals surface area (Å²) in [5.41, 5.74) is 0. The molecule has 0 radical (unpaired) electrons. The van der Waals surface area contributed by atoms with Gasteiger partial charge in [0.25, 0.3) is 0 Å². The van der Waals surface area contributed by atoms with Gasteiger partial charge in [0.1, 0.15) is 0 Å². The highest BCUT2D eigenvalue weighted by Gasteiger charge is 2.24. The molecule has 1 N–H and O–H groups in total. The summed E-state index contributed by atoms with van der Waals surface area (Å²) < 4.78 is 0. The number of thiophene rings is 1. The van der Waals surface area contributed by atoms with E-state index in [1.54, 1.807) is 11.3 Å². The van der Waals surface area contributed by atoms with E-state index >= 15 is 0 Å². The van der Waals surface area contributed by atoms with Gasteiger partial charge in [-0.2, -0.15) is 0 Å². The van der Waals surface area contributed by atoms with Gasteiger partial charge in [-0.3, -0.25) is 4.79 Å². The topological polar surface area (TPSA) is 32.3 Å². The average molecular weight is 303 g/mol. The summed E-state index contributed by atoms with van der Waals surface area (Å²) >= 11 is 1.77. The van der Waals surface area contributed by atoms with Gasteiger partial charge in [0.15, 0.2) is 0 Å². The summed E-state index contributed by atoms with van der Waals surface area (Å²) in [5, 5.41) is 5.43. The molecule has 19 heavy (non-hydrogen) atoms. The lowest BCUT2D eigenvalue weighted by Gasteiger charge is -2.29. The summed E-state index contributed by atoms with van der Waals surface area (Å²) in [7, 11) is 0. The Balaban J connectivity index is 0.00000180. The van der Waals surface area contributed by atoms with Gasteiger partial charge >= 0.3 is 0 Å². The van der Waals surface area contributed by atoms with E-state index in [1.165, 1.54) is 17.7 Å². The maximum absolute atomic E-state index is 12.4. The molecule has 1 aromatic heterocycles. The minimum atomic E-state index is 0. The van der Waals surface area contributed by atoms with Gasteiger partial charge in [-0.25, -0.2) is 0 Å². The summed E-state index contributed by atoms with van der Waals surface area (Å²) in [4.78, 5) is 15.7. The summed E-state index contributed by atoms with van der Waals surface area (Å²) in [6, 6.07) is 4.27. The molecule has 5 heteroatoms. The Morgan fingerprint density at radius 2 is 2.37 bits per heavy atom. The molecule has 0 aromatic carbocycles. The van der Waals surface area contributed by atoms with Crippen LogP contribution in [0, 0.1) is 0 Å². The number of hydrogen-bond acceptors (Lipinski definition) is 3. The molecule has 1 amide bonds. The first kappa shape index (κ1) is 16.5. The third kappa shape index (κ3) is 4.79. The maximum atomic E-state index is 12.4. The number of halogens is 1. The van der Waals surface area contributed by atoms with Crippen LogP contribution in [0.25, 0.3) is 0 Å². The number of carbonyl (C=O) groups is 1. The number of amides is 1. The first-order valence-electron chi connectivity index (χ1n) is 6.86. The predicted molar refractivity (Wildman–Crippen MR) is 83.2 cm³/mol. The standard InChI is InChI=1S/C14H22N2OS.ClH/c1-2-16(10-8-12-6-5-11-18-12)14(17)13-7-3-4-9-15-13;/h5-6,11,13,15H,2-4,7-10H2,1H3;1H/t13-;/m0./s1. The molecular formula is C14H23ClN2OS. The lowest BCUT2D eigenvalue weighted by Crippen LogP contribution is -2.49. The number of piperidine rings is 1. The molecule has 0 spiro atoms. The van der Waals surface area contributed by atoms with Crippen molar-refractivity contribution in [1.82, 2.24) is 10.2 Å². The van der Waals surface area contributed by atoms with Crippen LogP contribution in [0.3, 0.4) is 0 Å². The van der Waals surface area contributed by atoms with Gasteiger partial charge < -0.3 is 10.2 Å². The van der Waals surface area contributed by atoms with Crippen molar-refractivity contribution in [2.45, 2.75) is 38.6 Å². The Labute approximate surface area is 125 Å². The summed E-state index contributed by atoms with van der Waals surface area (Å²) in [6.45, 7) is 4.70. The molecule has 0 saturated carbocycles. The van der Waals surface area contributed by atoms with E-state index in [2.05, 4.69) is 29.8 Å². The van der Waals surface area contributed by atoms with Gasteiger partial charge in [-0.15, -0.1) is 23.7 Å². The highest BCUT2D eigenvalue weighted by molar-refractivity contribution is 7.09. The fourth-order valence-corrected chi connectivity index (χ4v) is 3.11. The van der Waals surface area contributed by atoms with Gasteiger partial charge in [-0.1, -0.05) is 12.5 Å². The van der Waals surface area contributed by atoms with E-state index in [9.17, 15) is 4.79 Å². The largest absolute Gasteiger partial charge is 0.341 e. The maximum Gasteiger partial charge on any atom is 0.239 e. The van der Waals surface area contributed by atoms with Crippen LogP contribution in [0.4, 0.5) is 0 Å². The van der Waals surface area contributed by atoms with Crippen molar-refractivity contribution in [3.63, 3.8) is 0 Å². The molecule has 0 unspecified atom stereocenters. The van der Waals surface area contributed by atoms with Crippen molar-refractivity contribution < 1.29 is 4.79 Å². The lowest BCUT2D eigenvalue weighted by molar-refractivity contribution is -0.133. The summed E-state index contributed by atoms with van der Waals surface area (Å²) in [6.07, 6.45) is 4.34. The number of nitrogens with one attached hydrogen (secondary N) is 1. The molecule has 1 saturated heterocycles. The second kappa shape index (κ2) is 8.56.